The zero-order valence-corrected chi connectivity index (χ0v) is 13.0. The summed E-state index contributed by atoms with van der Waals surface area (Å²) in [6.45, 7) is 4.16. The molecule has 1 unspecified atom stereocenters. The summed E-state index contributed by atoms with van der Waals surface area (Å²) >= 11 is 1.77. The quantitative estimate of drug-likeness (QED) is 0.901. The van der Waals surface area contributed by atoms with E-state index in [2.05, 4.69) is 37.3 Å². The maximum absolute atomic E-state index is 5.95. The smallest absolute Gasteiger partial charge is 0.118 e. The van der Waals surface area contributed by atoms with Crippen LogP contribution in [-0.2, 0) is 6.42 Å². The molecule has 0 amide bonds. The van der Waals surface area contributed by atoms with Crippen molar-refractivity contribution in [2.75, 3.05) is 7.11 Å². The van der Waals surface area contributed by atoms with E-state index in [1.807, 2.05) is 19.1 Å². The molecule has 1 atom stereocenters. The summed E-state index contributed by atoms with van der Waals surface area (Å²) in [6.07, 6.45) is 0.903. The molecule has 2 N–H and O–H groups in total. The molecule has 2 aromatic carbocycles. The zero-order valence-electron chi connectivity index (χ0n) is 12.2. The Morgan fingerprint density at radius 3 is 2.45 bits per heavy atom. The van der Waals surface area contributed by atoms with E-state index in [1.165, 1.54) is 20.9 Å². The van der Waals surface area contributed by atoms with Gasteiger partial charge in [-0.25, -0.2) is 0 Å². The summed E-state index contributed by atoms with van der Waals surface area (Å²) < 4.78 is 5.19. The van der Waals surface area contributed by atoms with Crippen LogP contribution in [0.3, 0.4) is 0 Å². The van der Waals surface area contributed by atoms with Crippen LogP contribution in [0.4, 0.5) is 0 Å². The topological polar surface area (TPSA) is 35.2 Å². The molecular weight excluding hydrogens is 266 g/mol. The number of ether oxygens (including phenoxy) is 1. The minimum Gasteiger partial charge on any atom is -0.497 e. The molecule has 3 heteroatoms. The third-order valence-electron chi connectivity index (χ3n) is 3.05. The van der Waals surface area contributed by atoms with Crippen molar-refractivity contribution in [3.63, 3.8) is 0 Å². The van der Waals surface area contributed by atoms with E-state index in [-0.39, 0.29) is 6.04 Å². The Balaban J connectivity index is 2.22. The molecular formula is C17H21NOS. The van der Waals surface area contributed by atoms with Crippen LogP contribution >= 0.6 is 11.8 Å². The Hall–Kier alpha value is -1.45. The Kier molecular flexibility index (Phi) is 5.10. The summed E-state index contributed by atoms with van der Waals surface area (Å²) in [5.74, 6) is 0.883. The molecule has 0 aliphatic rings. The highest BCUT2D eigenvalue weighted by molar-refractivity contribution is 7.99. The van der Waals surface area contributed by atoms with Crippen LogP contribution in [0.5, 0.6) is 5.75 Å². The van der Waals surface area contributed by atoms with E-state index < -0.39 is 0 Å². The van der Waals surface area contributed by atoms with Gasteiger partial charge >= 0.3 is 0 Å². The van der Waals surface area contributed by atoms with Crippen molar-refractivity contribution < 1.29 is 4.74 Å². The van der Waals surface area contributed by atoms with Crippen molar-refractivity contribution in [1.29, 1.82) is 0 Å². The number of nitrogens with two attached hydrogens (primary N) is 1. The highest BCUT2D eigenvalue weighted by Gasteiger charge is 2.07. The zero-order chi connectivity index (χ0) is 14.5. The fourth-order valence-corrected chi connectivity index (χ4v) is 3.02. The van der Waals surface area contributed by atoms with Crippen LogP contribution in [0.2, 0.25) is 0 Å². The van der Waals surface area contributed by atoms with E-state index in [0.717, 1.165) is 12.2 Å². The van der Waals surface area contributed by atoms with Gasteiger partial charge in [0.25, 0.3) is 0 Å². The highest BCUT2D eigenvalue weighted by Crippen LogP contribution is 2.32. The molecule has 20 heavy (non-hydrogen) atoms. The average Bonchev–Trinajstić information content (AvgIpc) is 2.42. The first-order chi connectivity index (χ1) is 9.58. The molecule has 0 saturated heterocycles. The van der Waals surface area contributed by atoms with Crippen molar-refractivity contribution in [3.05, 3.63) is 53.6 Å². The monoisotopic (exact) mass is 287 g/mol. The molecule has 0 aliphatic carbocycles. The van der Waals surface area contributed by atoms with Gasteiger partial charge in [0.05, 0.1) is 7.11 Å². The molecule has 0 radical (unpaired) electrons. The van der Waals surface area contributed by atoms with Crippen molar-refractivity contribution in [1.82, 2.24) is 0 Å². The van der Waals surface area contributed by atoms with Gasteiger partial charge in [-0.1, -0.05) is 29.5 Å². The van der Waals surface area contributed by atoms with Crippen LogP contribution in [0.25, 0.3) is 0 Å². The van der Waals surface area contributed by atoms with Gasteiger partial charge in [0.15, 0.2) is 0 Å². The van der Waals surface area contributed by atoms with Crippen molar-refractivity contribution in [2.24, 2.45) is 5.73 Å². The van der Waals surface area contributed by atoms with Crippen LogP contribution in [0, 0.1) is 6.92 Å². The molecule has 106 valence electrons. The lowest BCUT2D eigenvalue weighted by atomic mass is 10.1. The van der Waals surface area contributed by atoms with Gasteiger partial charge in [-0.2, -0.15) is 0 Å². The number of hydrogen-bond acceptors (Lipinski definition) is 3. The minimum atomic E-state index is 0.173. The van der Waals surface area contributed by atoms with Gasteiger partial charge in [-0.15, -0.1) is 0 Å². The summed E-state index contributed by atoms with van der Waals surface area (Å²) in [7, 11) is 1.68. The average molecular weight is 287 g/mol. The summed E-state index contributed by atoms with van der Waals surface area (Å²) in [4.78, 5) is 2.48. The SMILES string of the molecule is COc1ccc(Sc2ccc(C)cc2CC(C)N)cc1. The summed E-state index contributed by atoms with van der Waals surface area (Å²) in [5.41, 5.74) is 8.55. The first-order valence-corrected chi connectivity index (χ1v) is 7.57. The highest BCUT2D eigenvalue weighted by atomic mass is 32.2. The molecule has 0 spiro atoms. The first-order valence-electron chi connectivity index (χ1n) is 6.75. The van der Waals surface area contributed by atoms with Gasteiger partial charge < -0.3 is 10.5 Å². The second-order valence-corrected chi connectivity index (χ2v) is 6.19. The minimum absolute atomic E-state index is 0.173. The molecule has 0 aliphatic heterocycles. The van der Waals surface area contributed by atoms with Gasteiger partial charge in [0.2, 0.25) is 0 Å². The molecule has 2 rings (SSSR count). The molecule has 0 saturated carbocycles. The lowest BCUT2D eigenvalue weighted by Crippen LogP contribution is -2.18. The number of aryl methyl sites for hydroxylation is 1. The maximum Gasteiger partial charge on any atom is 0.118 e. The van der Waals surface area contributed by atoms with Gasteiger partial charge in [-0.3, -0.25) is 0 Å². The van der Waals surface area contributed by atoms with Gasteiger partial charge in [0, 0.05) is 15.8 Å². The summed E-state index contributed by atoms with van der Waals surface area (Å²) in [5, 5.41) is 0. The van der Waals surface area contributed by atoms with Gasteiger partial charge in [-0.05, 0) is 56.2 Å². The van der Waals surface area contributed by atoms with Gasteiger partial charge in [0.1, 0.15) is 5.75 Å². The largest absolute Gasteiger partial charge is 0.497 e. The number of methoxy groups -OCH3 is 1. The second-order valence-electron chi connectivity index (χ2n) is 5.07. The second kappa shape index (κ2) is 6.82. The normalized spacial score (nSPS) is 12.2. The fourth-order valence-electron chi connectivity index (χ4n) is 2.08. The fraction of sp³-hybridized carbons (Fsp3) is 0.294. The lowest BCUT2D eigenvalue weighted by molar-refractivity contribution is 0.414. The predicted octanol–water partition coefficient (Wildman–Crippen LogP) is 4.04. The van der Waals surface area contributed by atoms with E-state index in [9.17, 15) is 0 Å². The Morgan fingerprint density at radius 1 is 1.15 bits per heavy atom. The van der Waals surface area contributed by atoms with Crippen LogP contribution in [0.1, 0.15) is 18.1 Å². The van der Waals surface area contributed by atoms with Crippen LogP contribution in [-0.4, -0.2) is 13.2 Å². The van der Waals surface area contributed by atoms with Crippen LogP contribution < -0.4 is 10.5 Å². The number of hydrogen-bond donors (Lipinski definition) is 1. The Bertz CT molecular complexity index is 564. The molecule has 0 heterocycles. The molecule has 0 aromatic heterocycles. The predicted molar refractivity (Wildman–Crippen MR) is 85.6 cm³/mol. The Labute approximate surface area is 125 Å². The van der Waals surface area contributed by atoms with Crippen LogP contribution in [0.15, 0.2) is 52.3 Å². The molecule has 2 aromatic rings. The molecule has 2 nitrogen and oxygen atoms in total. The van der Waals surface area contributed by atoms with Crippen molar-refractivity contribution in [3.8, 4) is 5.75 Å². The third-order valence-corrected chi connectivity index (χ3v) is 4.17. The van der Waals surface area contributed by atoms with E-state index in [0.29, 0.717) is 0 Å². The van der Waals surface area contributed by atoms with Crippen molar-refractivity contribution in [2.45, 2.75) is 36.1 Å². The lowest BCUT2D eigenvalue weighted by Gasteiger charge is -2.12. The Morgan fingerprint density at radius 2 is 1.85 bits per heavy atom. The van der Waals surface area contributed by atoms with E-state index >= 15 is 0 Å². The number of benzene rings is 2. The third kappa shape index (κ3) is 4.02. The van der Waals surface area contributed by atoms with Crippen molar-refractivity contribution >= 4 is 11.8 Å². The maximum atomic E-state index is 5.95. The number of rotatable bonds is 5. The standard InChI is InChI=1S/C17H21NOS/c1-12-4-9-17(14(10-12)11-13(2)18)20-16-7-5-15(19-3)6-8-16/h4-10,13H,11,18H2,1-3H3. The van der Waals surface area contributed by atoms with E-state index in [1.54, 1.807) is 18.9 Å². The molecule has 0 bridgehead atoms. The first kappa shape index (κ1) is 14.9. The molecule has 0 fully saturated rings. The summed E-state index contributed by atoms with van der Waals surface area (Å²) in [6, 6.07) is 14.9. The van der Waals surface area contributed by atoms with E-state index in [4.69, 9.17) is 10.5 Å².